The van der Waals surface area contributed by atoms with E-state index in [0.717, 1.165) is 5.56 Å². The van der Waals surface area contributed by atoms with Crippen LogP contribution in [0.1, 0.15) is 25.3 Å². The molecule has 1 aromatic rings. The number of hydrogen-bond acceptors (Lipinski definition) is 4. The normalized spacial score (nSPS) is 11.3. The maximum atomic E-state index is 11.7. The predicted octanol–water partition coefficient (Wildman–Crippen LogP) is 1.40. The van der Waals surface area contributed by atoms with Crippen molar-refractivity contribution in [2.75, 3.05) is 18.5 Å². The second-order valence-electron chi connectivity index (χ2n) is 4.37. The van der Waals surface area contributed by atoms with Gasteiger partial charge in [-0.25, -0.2) is 13.6 Å². The Morgan fingerprint density at radius 3 is 2.70 bits per heavy atom. The number of benzene rings is 1. The van der Waals surface area contributed by atoms with Crippen LogP contribution in [0.5, 0.6) is 0 Å². The molecular formula is C13H20N2O4S. The van der Waals surface area contributed by atoms with Crippen LogP contribution in [0.3, 0.4) is 0 Å². The van der Waals surface area contributed by atoms with Gasteiger partial charge in [0, 0.05) is 25.3 Å². The molecule has 0 aliphatic carbocycles. The average Bonchev–Trinajstić information content (AvgIpc) is 2.36. The molecule has 1 rings (SSSR count). The number of sulfonamides is 1. The highest BCUT2D eigenvalue weighted by Gasteiger charge is 2.11. The number of amides is 1. The van der Waals surface area contributed by atoms with Crippen LogP contribution in [0.4, 0.5) is 5.69 Å². The Morgan fingerprint density at radius 1 is 1.40 bits per heavy atom. The molecule has 7 heteroatoms. The lowest BCUT2D eigenvalue weighted by Crippen LogP contribution is -2.15. The van der Waals surface area contributed by atoms with E-state index < -0.39 is 10.0 Å². The van der Waals surface area contributed by atoms with Gasteiger partial charge in [-0.3, -0.25) is 4.79 Å². The molecule has 1 amide bonds. The van der Waals surface area contributed by atoms with Gasteiger partial charge in [-0.2, -0.15) is 0 Å². The van der Waals surface area contributed by atoms with E-state index in [2.05, 4.69) is 5.32 Å². The molecular weight excluding hydrogens is 280 g/mol. The second-order valence-corrected chi connectivity index (χ2v) is 5.93. The van der Waals surface area contributed by atoms with E-state index >= 15 is 0 Å². The topological polar surface area (TPSA) is 98.5 Å². The second kappa shape index (κ2) is 7.37. The molecule has 0 bridgehead atoms. The minimum Gasteiger partial charge on any atom is -0.382 e. The average molecular weight is 300 g/mol. The number of ether oxygens (including phenoxy) is 1. The number of primary sulfonamides is 1. The maximum Gasteiger partial charge on any atom is 0.238 e. The summed E-state index contributed by atoms with van der Waals surface area (Å²) < 4.78 is 27.7. The van der Waals surface area contributed by atoms with E-state index in [1.54, 1.807) is 13.0 Å². The van der Waals surface area contributed by atoms with Gasteiger partial charge in [0.15, 0.2) is 0 Å². The number of aryl methyl sites for hydroxylation is 1. The van der Waals surface area contributed by atoms with Crippen LogP contribution in [0, 0.1) is 6.92 Å². The molecule has 0 aliphatic heterocycles. The van der Waals surface area contributed by atoms with Gasteiger partial charge >= 0.3 is 0 Å². The molecule has 3 N–H and O–H groups in total. The lowest BCUT2D eigenvalue weighted by molar-refractivity contribution is -0.116. The summed E-state index contributed by atoms with van der Waals surface area (Å²) in [6.45, 7) is 4.82. The van der Waals surface area contributed by atoms with E-state index in [-0.39, 0.29) is 10.8 Å². The molecule has 1 aromatic carbocycles. The summed E-state index contributed by atoms with van der Waals surface area (Å²) in [7, 11) is -3.77. The zero-order valence-corrected chi connectivity index (χ0v) is 12.5. The maximum absolute atomic E-state index is 11.7. The van der Waals surface area contributed by atoms with Crippen LogP contribution in [-0.2, 0) is 19.6 Å². The van der Waals surface area contributed by atoms with Crippen LogP contribution in [-0.4, -0.2) is 27.5 Å². The van der Waals surface area contributed by atoms with Gasteiger partial charge in [0.2, 0.25) is 15.9 Å². The van der Waals surface area contributed by atoms with Crippen molar-refractivity contribution < 1.29 is 17.9 Å². The summed E-state index contributed by atoms with van der Waals surface area (Å²) in [6.07, 6.45) is 0.937. The van der Waals surface area contributed by atoms with Crippen LogP contribution < -0.4 is 10.5 Å². The largest absolute Gasteiger partial charge is 0.382 e. The lowest BCUT2D eigenvalue weighted by Gasteiger charge is -2.10. The molecule has 0 aliphatic rings. The first kappa shape index (κ1) is 16.6. The van der Waals surface area contributed by atoms with E-state index in [1.165, 1.54) is 12.1 Å². The number of nitrogens with two attached hydrogens (primary N) is 1. The number of hydrogen-bond donors (Lipinski definition) is 2. The van der Waals surface area contributed by atoms with Crippen LogP contribution in [0.2, 0.25) is 0 Å². The molecule has 6 nitrogen and oxygen atoms in total. The van der Waals surface area contributed by atoms with E-state index in [4.69, 9.17) is 9.88 Å². The molecule has 0 spiro atoms. The quantitative estimate of drug-likeness (QED) is 0.743. The monoisotopic (exact) mass is 300 g/mol. The van der Waals surface area contributed by atoms with Crippen molar-refractivity contribution in [2.24, 2.45) is 5.14 Å². The first-order valence-electron chi connectivity index (χ1n) is 6.35. The van der Waals surface area contributed by atoms with Gasteiger partial charge in [-0.15, -0.1) is 0 Å². The van der Waals surface area contributed by atoms with Crippen molar-refractivity contribution >= 4 is 21.6 Å². The summed E-state index contributed by atoms with van der Waals surface area (Å²) in [5, 5.41) is 7.75. The highest BCUT2D eigenvalue weighted by molar-refractivity contribution is 7.89. The van der Waals surface area contributed by atoms with Gasteiger partial charge < -0.3 is 10.1 Å². The van der Waals surface area contributed by atoms with Gasteiger partial charge in [0.25, 0.3) is 0 Å². The Morgan fingerprint density at radius 2 is 2.10 bits per heavy atom. The van der Waals surface area contributed by atoms with Crippen molar-refractivity contribution in [2.45, 2.75) is 31.6 Å². The summed E-state index contributed by atoms with van der Waals surface area (Å²) in [5.41, 5.74) is 1.23. The fourth-order valence-electron chi connectivity index (χ4n) is 1.60. The number of anilines is 1. The van der Waals surface area contributed by atoms with E-state index in [0.29, 0.717) is 31.7 Å². The molecule has 0 aromatic heterocycles. The summed E-state index contributed by atoms with van der Waals surface area (Å²) in [5.74, 6) is -0.181. The molecule has 0 fully saturated rings. The number of rotatable bonds is 7. The summed E-state index contributed by atoms with van der Waals surface area (Å²) in [4.78, 5) is 11.7. The van der Waals surface area contributed by atoms with Gasteiger partial charge in [0.05, 0.1) is 4.90 Å². The van der Waals surface area contributed by atoms with E-state index in [9.17, 15) is 13.2 Å². The highest BCUT2D eigenvalue weighted by atomic mass is 32.2. The molecule has 0 heterocycles. The molecule has 20 heavy (non-hydrogen) atoms. The van der Waals surface area contributed by atoms with Crippen molar-refractivity contribution in [1.29, 1.82) is 0 Å². The number of carbonyl (C=O) groups excluding carboxylic acids is 1. The standard InChI is InChI=1S/C13H20N2O4S/c1-3-19-8-4-5-13(16)15-12-9-11(20(14,17)18)7-6-10(12)2/h6-7,9H,3-5,8H2,1-2H3,(H,15,16)(H2,14,17,18). The number of carbonyl (C=O) groups is 1. The predicted molar refractivity (Wildman–Crippen MR) is 76.9 cm³/mol. The smallest absolute Gasteiger partial charge is 0.238 e. The molecule has 112 valence electrons. The fraction of sp³-hybridized carbons (Fsp3) is 0.462. The summed E-state index contributed by atoms with van der Waals surface area (Å²) >= 11 is 0. The number of nitrogens with one attached hydrogen (secondary N) is 1. The van der Waals surface area contributed by atoms with Gasteiger partial charge in [0.1, 0.15) is 0 Å². The Balaban J connectivity index is 2.69. The Hall–Kier alpha value is -1.44. The highest BCUT2D eigenvalue weighted by Crippen LogP contribution is 2.19. The molecule has 0 unspecified atom stereocenters. The molecule has 0 saturated heterocycles. The molecule has 0 saturated carbocycles. The zero-order chi connectivity index (χ0) is 15.2. The molecule has 0 atom stereocenters. The Kier molecular flexibility index (Phi) is 6.12. The first-order chi connectivity index (χ1) is 9.34. The van der Waals surface area contributed by atoms with Crippen molar-refractivity contribution in [3.8, 4) is 0 Å². The Labute approximate surface area is 119 Å². The fourth-order valence-corrected chi connectivity index (χ4v) is 2.14. The molecule has 0 radical (unpaired) electrons. The minimum absolute atomic E-state index is 0.0206. The lowest BCUT2D eigenvalue weighted by atomic mass is 10.2. The minimum atomic E-state index is -3.77. The SMILES string of the molecule is CCOCCCC(=O)Nc1cc(S(N)(=O)=O)ccc1C. The van der Waals surface area contributed by atoms with Crippen LogP contribution in [0.25, 0.3) is 0 Å². The van der Waals surface area contributed by atoms with Crippen LogP contribution in [0.15, 0.2) is 23.1 Å². The first-order valence-corrected chi connectivity index (χ1v) is 7.90. The summed E-state index contributed by atoms with van der Waals surface area (Å²) in [6, 6.07) is 4.38. The Bertz CT molecular complexity index is 570. The third-order valence-electron chi connectivity index (χ3n) is 2.71. The van der Waals surface area contributed by atoms with Crippen LogP contribution >= 0.6 is 0 Å². The van der Waals surface area contributed by atoms with Crippen molar-refractivity contribution in [3.63, 3.8) is 0 Å². The van der Waals surface area contributed by atoms with E-state index in [1.807, 2.05) is 6.92 Å². The third kappa shape index (κ3) is 5.28. The van der Waals surface area contributed by atoms with Gasteiger partial charge in [-0.05, 0) is 38.0 Å². The van der Waals surface area contributed by atoms with Crippen molar-refractivity contribution in [3.05, 3.63) is 23.8 Å². The zero-order valence-electron chi connectivity index (χ0n) is 11.7. The van der Waals surface area contributed by atoms with Crippen molar-refractivity contribution in [1.82, 2.24) is 0 Å². The van der Waals surface area contributed by atoms with Gasteiger partial charge in [-0.1, -0.05) is 6.07 Å². The third-order valence-corrected chi connectivity index (χ3v) is 3.62.